The third-order valence-electron chi connectivity index (χ3n) is 9.62. The molecule has 1 aromatic heterocycles. The van der Waals surface area contributed by atoms with Crippen LogP contribution in [0.1, 0.15) is 16.7 Å². The van der Waals surface area contributed by atoms with Crippen molar-refractivity contribution in [2.75, 3.05) is 0 Å². The number of para-hydroxylation sites is 1. The molecule has 5 heteroatoms. The number of rotatable bonds is 6. The quantitative estimate of drug-likeness (QED) is 0.138. The Morgan fingerprint density at radius 2 is 0.980 bits per heavy atom. The maximum Gasteiger partial charge on any atom is 0.181 e. The van der Waals surface area contributed by atoms with Gasteiger partial charge in [-0.05, 0) is 80.4 Å². The molecule has 0 saturated carbocycles. The lowest BCUT2D eigenvalue weighted by Crippen LogP contribution is -2.75. The van der Waals surface area contributed by atoms with Crippen molar-refractivity contribution >= 4 is 50.6 Å². The van der Waals surface area contributed by atoms with Gasteiger partial charge in [-0.1, -0.05) is 121 Å². The van der Waals surface area contributed by atoms with E-state index in [1.54, 1.807) is 6.07 Å². The van der Waals surface area contributed by atoms with E-state index in [4.69, 9.17) is 0 Å². The third kappa shape index (κ3) is 4.80. The number of fused-ring (bicyclic) bond motifs is 3. The van der Waals surface area contributed by atoms with Gasteiger partial charge in [0.05, 0.1) is 45.9 Å². The monoisotopic (exact) mass is 652 g/mol. The molecule has 0 amide bonds. The van der Waals surface area contributed by atoms with E-state index in [9.17, 15) is 15.8 Å². The van der Waals surface area contributed by atoms with Crippen molar-refractivity contribution in [1.29, 1.82) is 15.8 Å². The van der Waals surface area contributed by atoms with Crippen molar-refractivity contribution in [2.24, 2.45) is 0 Å². The molecular formula is C45H28N4Si. The van der Waals surface area contributed by atoms with Crippen molar-refractivity contribution < 1.29 is 0 Å². The van der Waals surface area contributed by atoms with Crippen LogP contribution in [-0.4, -0.2) is 12.6 Å². The third-order valence-corrected chi connectivity index (χ3v) is 14.5. The van der Waals surface area contributed by atoms with Gasteiger partial charge < -0.3 is 4.57 Å². The van der Waals surface area contributed by atoms with Crippen LogP contribution in [0.5, 0.6) is 0 Å². The predicted molar refractivity (Wildman–Crippen MR) is 204 cm³/mol. The summed E-state index contributed by atoms with van der Waals surface area (Å²) < 4.78 is 2.22. The number of benzene rings is 7. The normalized spacial score (nSPS) is 11.1. The molecule has 0 spiro atoms. The molecule has 0 aliphatic rings. The Hall–Kier alpha value is -6.97. The average Bonchev–Trinajstić information content (AvgIpc) is 3.53. The Labute approximate surface area is 291 Å². The number of hydrogen-bond donors (Lipinski definition) is 0. The summed E-state index contributed by atoms with van der Waals surface area (Å²) in [4.78, 5) is 0. The Bertz CT molecular complexity index is 2560. The molecule has 0 N–H and O–H groups in total. The van der Waals surface area contributed by atoms with Gasteiger partial charge in [0.2, 0.25) is 0 Å². The molecule has 0 aliphatic carbocycles. The maximum atomic E-state index is 10.9. The summed E-state index contributed by atoms with van der Waals surface area (Å²) in [5, 5.41) is 37.2. The molecule has 232 valence electrons. The first-order chi connectivity index (χ1) is 24.7. The van der Waals surface area contributed by atoms with Gasteiger partial charge >= 0.3 is 0 Å². The second-order valence-corrected chi connectivity index (χ2v) is 16.0. The largest absolute Gasteiger partial charge is 0.309 e. The Balaban J connectivity index is 1.43. The fourth-order valence-corrected chi connectivity index (χ4v) is 12.6. The van der Waals surface area contributed by atoms with Gasteiger partial charge in [-0.15, -0.1) is 0 Å². The minimum Gasteiger partial charge on any atom is -0.309 e. The highest BCUT2D eigenvalue weighted by Gasteiger charge is 2.44. The Kier molecular flexibility index (Phi) is 7.63. The van der Waals surface area contributed by atoms with Crippen molar-refractivity contribution in [2.45, 2.75) is 0 Å². The molecule has 8 rings (SSSR count). The summed E-state index contributed by atoms with van der Waals surface area (Å²) in [5.74, 6) is 0. The van der Waals surface area contributed by atoms with Crippen molar-refractivity contribution in [3.63, 3.8) is 0 Å². The van der Waals surface area contributed by atoms with Crippen molar-refractivity contribution in [3.05, 3.63) is 187 Å². The van der Waals surface area contributed by atoms with Gasteiger partial charge in [0.15, 0.2) is 8.07 Å². The van der Waals surface area contributed by atoms with E-state index in [0.717, 1.165) is 59.4 Å². The Morgan fingerprint density at radius 1 is 0.440 bits per heavy atom. The number of aromatic nitrogens is 1. The van der Waals surface area contributed by atoms with E-state index >= 15 is 0 Å². The summed E-state index contributed by atoms with van der Waals surface area (Å²) in [7, 11) is -3.14. The summed E-state index contributed by atoms with van der Waals surface area (Å²) >= 11 is 0. The van der Waals surface area contributed by atoms with Crippen LogP contribution in [0.3, 0.4) is 0 Å². The summed E-state index contributed by atoms with van der Waals surface area (Å²) in [6, 6.07) is 64.9. The molecule has 7 aromatic carbocycles. The van der Waals surface area contributed by atoms with Crippen LogP contribution in [0.15, 0.2) is 170 Å². The minimum absolute atomic E-state index is 0.442. The molecule has 4 nitrogen and oxygen atoms in total. The first-order valence-corrected chi connectivity index (χ1v) is 18.4. The van der Waals surface area contributed by atoms with E-state index < -0.39 is 8.07 Å². The first-order valence-electron chi connectivity index (χ1n) is 16.4. The summed E-state index contributed by atoms with van der Waals surface area (Å²) in [6.45, 7) is 0. The van der Waals surface area contributed by atoms with Gasteiger partial charge in [-0.2, -0.15) is 15.8 Å². The van der Waals surface area contributed by atoms with Crippen LogP contribution in [0.4, 0.5) is 0 Å². The molecule has 0 saturated heterocycles. The SMILES string of the molecule is N#Cc1cc(C#N)c([Si](c2ccccc2)(c2ccccc2)c2ccccc2)c(-c2ccc(-n3c4ccccc4c4cc(C#N)ccc43)cc2)c1. The van der Waals surface area contributed by atoms with E-state index in [-0.39, 0.29) is 0 Å². The lowest BCUT2D eigenvalue weighted by molar-refractivity contribution is 1.18. The van der Waals surface area contributed by atoms with Crippen molar-refractivity contribution in [1.82, 2.24) is 4.57 Å². The highest BCUT2D eigenvalue weighted by Crippen LogP contribution is 2.34. The second-order valence-electron chi connectivity index (χ2n) is 12.3. The molecule has 0 radical (unpaired) electrons. The van der Waals surface area contributed by atoms with E-state index in [1.165, 1.54) is 0 Å². The minimum atomic E-state index is -3.14. The number of hydrogen-bond acceptors (Lipinski definition) is 3. The molecule has 0 aliphatic heterocycles. The number of nitriles is 3. The van der Waals surface area contributed by atoms with Crippen molar-refractivity contribution in [3.8, 4) is 35.0 Å². The smallest absolute Gasteiger partial charge is 0.181 e. The van der Waals surface area contributed by atoms with Gasteiger partial charge in [-0.3, -0.25) is 0 Å². The molecular weight excluding hydrogens is 625 g/mol. The lowest BCUT2D eigenvalue weighted by Gasteiger charge is -2.36. The predicted octanol–water partition coefficient (Wildman–Crippen LogP) is 7.44. The van der Waals surface area contributed by atoms with Gasteiger partial charge in [0.1, 0.15) is 0 Å². The van der Waals surface area contributed by atoms with Crippen LogP contribution < -0.4 is 20.7 Å². The highest BCUT2D eigenvalue weighted by molar-refractivity contribution is 7.20. The van der Waals surface area contributed by atoms with Gasteiger partial charge in [-0.25, -0.2) is 0 Å². The molecule has 0 bridgehead atoms. The lowest BCUT2D eigenvalue weighted by atomic mass is 9.99. The standard InChI is InChI=1S/C45H28N4Si/c46-29-32-20-25-44-42(27-32)40-18-10-11-19-43(40)49(44)36-23-21-34(22-24-36)41-28-33(30-47)26-35(31-48)45(41)50(37-12-4-1-5-13-37,38-14-6-2-7-15-38)39-16-8-3-9-17-39/h1-28H. The van der Waals surface area contributed by atoms with E-state index in [0.29, 0.717) is 16.7 Å². The molecule has 0 atom stereocenters. The van der Waals surface area contributed by atoms with Gasteiger partial charge in [0.25, 0.3) is 0 Å². The van der Waals surface area contributed by atoms with Crippen LogP contribution >= 0.6 is 0 Å². The fourth-order valence-electron chi connectivity index (χ4n) is 7.53. The zero-order chi connectivity index (χ0) is 34.1. The van der Waals surface area contributed by atoms with E-state index in [1.807, 2.05) is 54.6 Å². The molecule has 8 aromatic rings. The van der Waals surface area contributed by atoms with Crippen LogP contribution in [0.2, 0.25) is 0 Å². The molecule has 0 unspecified atom stereocenters. The van der Waals surface area contributed by atoms with E-state index in [2.05, 4.69) is 132 Å². The highest BCUT2D eigenvalue weighted by atomic mass is 28.3. The first kappa shape index (κ1) is 30.4. The average molecular weight is 653 g/mol. The van der Waals surface area contributed by atoms with Crippen LogP contribution in [-0.2, 0) is 0 Å². The molecule has 1 heterocycles. The second kappa shape index (κ2) is 12.6. The zero-order valence-electron chi connectivity index (χ0n) is 27.0. The number of nitrogens with zero attached hydrogens (tertiary/aromatic N) is 4. The maximum absolute atomic E-state index is 10.9. The molecule has 0 fully saturated rings. The summed E-state index contributed by atoms with van der Waals surface area (Å²) in [5.41, 5.74) is 6.39. The Morgan fingerprint density at radius 3 is 1.54 bits per heavy atom. The summed E-state index contributed by atoms with van der Waals surface area (Å²) in [6.07, 6.45) is 0. The van der Waals surface area contributed by atoms with Gasteiger partial charge in [0, 0.05) is 16.5 Å². The topological polar surface area (TPSA) is 76.3 Å². The van der Waals surface area contributed by atoms with Crippen LogP contribution in [0.25, 0.3) is 38.6 Å². The van der Waals surface area contributed by atoms with Crippen LogP contribution in [0, 0.1) is 34.0 Å². The fraction of sp³-hybridized carbons (Fsp3) is 0. The molecule has 50 heavy (non-hydrogen) atoms. The zero-order valence-corrected chi connectivity index (χ0v) is 28.0.